The molecule has 0 aliphatic carbocycles. The van der Waals surface area contributed by atoms with Crippen molar-refractivity contribution < 1.29 is 18.7 Å². The van der Waals surface area contributed by atoms with Gasteiger partial charge >= 0.3 is 0 Å². The number of methoxy groups -OCH3 is 1. The second-order valence-corrected chi connectivity index (χ2v) is 8.38. The average molecular weight is 442 g/mol. The van der Waals surface area contributed by atoms with Crippen LogP contribution in [0.4, 0.5) is 4.39 Å². The quantitative estimate of drug-likeness (QED) is 0.692. The minimum absolute atomic E-state index is 0.0231. The van der Waals surface area contributed by atoms with E-state index in [2.05, 4.69) is 10.6 Å². The molecule has 0 unspecified atom stereocenters. The van der Waals surface area contributed by atoms with E-state index in [0.29, 0.717) is 26.1 Å². The van der Waals surface area contributed by atoms with Gasteiger partial charge in [-0.05, 0) is 48.2 Å². The molecule has 2 atom stereocenters. The fourth-order valence-electron chi connectivity index (χ4n) is 3.93. The van der Waals surface area contributed by atoms with Crippen LogP contribution in [0.25, 0.3) is 0 Å². The molecule has 0 aromatic heterocycles. The molecule has 7 heteroatoms. The summed E-state index contributed by atoms with van der Waals surface area (Å²) in [5.74, 6) is 0.0785. The molecular weight excluding hydrogens is 409 g/mol. The zero-order valence-corrected chi connectivity index (χ0v) is 18.8. The molecule has 2 amide bonds. The maximum absolute atomic E-state index is 13.1. The number of nitrogens with zero attached hydrogens (tertiary/aromatic N) is 1. The number of nitrogens with one attached hydrogen (secondary N) is 2. The number of benzene rings is 2. The van der Waals surface area contributed by atoms with Crippen LogP contribution in [0.2, 0.25) is 0 Å². The summed E-state index contributed by atoms with van der Waals surface area (Å²) >= 11 is 0. The van der Waals surface area contributed by atoms with E-state index < -0.39 is 0 Å². The van der Waals surface area contributed by atoms with E-state index in [-0.39, 0.29) is 36.0 Å². The van der Waals surface area contributed by atoms with E-state index in [1.165, 1.54) is 12.1 Å². The number of hydrogen-bond acceptors (Lipinski definition) is 4. The first kappa shape index (κ1) is 23.7. The third kappa shape index (κ3) is 7.05. The molecule has 1 fully saturated rings. The van der Waals surface area contributed by atoms with Crippen LogP contribution in [0.3, 0.4) is 0 Å². The van der Waals surface area contributed by atoms with E-state index in [0.717, 1.165) is 29.7 Å². The van der Waals surface area contributed by atoms with Crippen LogP contribution >= 0.6 is 0 Å². The van der Waals surface area contributed by atoms with Crippen LogP contribution in [0.1, 0.15) is 36.8 Å². The summed E-state index contributed by atoms with van der Waals surface area (Å²) in [6, 6.07) is 14.1. The Morgan fingerprint density at radius 1 is 1.06 bits per heavy atom. The second-order valence-electron chi connectivity index (χ2n) is 8.38. The van der Waals surface area contributed by atoms with E-state index in [1.54, 1.807) is 31.2 Å². The number of carbonyl (C=O) groups excluding carboxylic acids is 2. The maximum Gasteiger partial charge on any atom is 0.223 e. The second kappa shape index (κ2) is 11.6. The number of amides is 2. The van der Waals surface area contributed by atoms with Gasteiger partial charge in [0.15, 0.2) is 0 Å². The molecule has 1 saturated heterocycles. The van der Waals surface area contributed by atoms with Crippen molar-refractivity contribution in [2.24, 2.45) is 5.92 Å². The highest BCUT2D eigenvalue weighted by atomic mass is 19.1. The minimum atomic E-state index is -0.334. The molecule has 0 radical (unpaired) electrons. The average Bonchev–Trinajstić information content (AvgIpc) is 2.87. The van der Waals surface area contributed by atoms with Gasteiger partial charge in [0.2, 0.25) is 11.8 Å². The monoisotopic (exact) mass is 441 g/mol. The normalized spacial score (nSPS) is 19.6. The first-order chi connectivity index (χ1) is 15.4. The van der Waals surface area contributed by atoms with Gasteiger partial charge in [-0.2, -0.15) is 0 Å². The van der Waals surface area contributed by atoms with Crippen molar-refractivity contribution >= 4 is 11.8 Å². The smallest absolute Gasteiger partial charge is 0.223 e. The van der Waals surface area contributed by atoms with Gasteiger partial charge in [-0.15, -0.1) is 0 Å². The van der Waals surface area contributed by atoms with Crippen LogP contribution in [-0.4, -0.2) is 43.5 Å². The molecule has 0 saturated carbocycles. The van der Waals surface area contributed by atoms with Gasteiger partial charge in [0.1, 0.15) is 11.6 Å². The zero-order valence-electron chi connectivity index (χ0n) is 18.8. The minimum Gasteiger partial charge on any atom is -0.497 e. The summed E-state index contributed by atoms with van der Waals surface area (Å²) in [5.41, 5.74) is 1.98. The van der Waals surface area contributed by atoms with Crippen molar-refractivity contribution in [3.8, 4) is 5.75 Å². The molecule has 1 aliphatic heterocycles. The summed E-state index contributed by atoms with van der Waals surface area (Å²) in [5, 5.41) is 6.45. The zero-order chi connectivity index (χ0) is 22.9. The van der Waals surface area contributed by atoms with Crippen molar-refractivity contribution in [1.29, 1.82) is 0 Å². The molecule has 172 valence electrons. The van der Waals surface area contributed by atoms with Crippen molar-refractivity contribution in [3.05, 3.63) is 65.5 Å². The predicted octanol–water partition coefficient (Wildman–Crippen LogP) is 3.26. The fourth-order valence-corrected chi connectivity index (χ4v) is 3.93. The van der Waals surface area contributed by atoms with Gasteiger partial charge in [0.05, 0.1) is 7.11 Å². The molecule has 1 heterocycles. The number of halogens is 1. The Bertz CT molecular complexity index is 886. The van der Waals surface area contributed by atoms with E-state index in [1.807, 2.05) is 24.3 Å². The molecule has 32 heavy (non-hydrogen) atoms. The molecule has 3 rings (SSSR count). The summed E-state index contributed by atoms with van der Waals surface area (Å²) in [4.78, 5) is 27.2. The Morgan fingerprint density at radius 2 is 1.72 bits per heavy atom. The molecule has 2 aromatic carbocycles. The van der Waals surface area contributed by atoms with E-state index in [4.69, 9.17) is 4.74 Å². The van der Waals surface area contributed by atoms with Crippen LogP contribution < -0.4 is 15.4 Å². The van der Waals surface area contributed by atoms with Crippen LogP contribution in [0, 0.1) is 11.7 Å². The van der Waals surface area contributed by atoms with Crippen molar-refractivity contribution in [2.45, 2.75) is 44.8 Å². The lowest BCUT2D eigenvalue weighted by Gasteiger charge is -2.24. The molecule has 0 bridgehead atoms. The lowest BCUT2D eigenvalue weighted by Crippen LogP contribution is -2.41. The summed E-state index contributed by atoms with van der Waals surface area (Å²) in [6.07, 6.45) is 2.60. The number of carbonyl (C=O) groups is 2. The Balaban J connectivity index is 1.53. The molecule has 0 spiro atoms. The highest BCUT2D eigenvalue weighted by Crippen LogP contribution is 2.20. The molecule has 6 nitrogen and oxygen atoms in total. The lowest BCUT2D eigenvalue weighted by atomic mass is 9.96. The standard InChI is InChI=1S/C25H32FN3O3/c1-29-17-22(27-15-18-6-10-21(26)11-7-18)5-3-4-20(14-24(29)30)25(31)28-16-19-8-12-23(32-2)13-9-19/h6-13,20,22,27H,3-5,14-17H2,1-2H3,(H,28,31)/t20-,22-/m1/s1. The number of hydrogen-bond donors (Lipinski definition) is 2. The summed E-state index contributed by atoms with van der Waals surface area (Å²) in [7, 11) is 3.40. The largest absolute Gasteiger partial charge is 0.497 e. The topological polar surface area (TPSA) is 70.7 Å². The predicted molar refractivity (Wildman–Crippen MR) is 121 cm³/mol. The number of rotatable bonds is 7. The molecule has 2 aromatic rings. The highest BCUT2D eigenvalue weighted by Gasteiger charge is 2.27. The molecular formula is C25H32FN3O3. The van der Waals surface area contributed by atoms with Crippen molar-refractivity contribution in [3.63, 3.8) is 0 Å². The number of ether oxygens (including phenoxy) is 1. The van der Waals surface area contributed by atoms with Gasteiger partial charge in [-0.3, -0.25) is 9.59 Å². The summed E-state index contributed by atoms with van der Waals surface area (Å²) in [6.45, 7) is 1.62. The number of likely N-dealkylation sites (N-methyl/N-ethyl adjacent to an activating group) is 1. The van der Waals surface area contributed by atoms with E-state index in [9.17, 15) is 14.0 Å². The third-order valence-electron chi connectivity index (χ3n) is 5.95. The van der Waals surface area contributed by atoms with Gasteiger partial charge in [-0.1, -0.05) is 30.7 Å². The first-order valence-corrected chi connectivity index (χ1v) is 11.1. The Hall–Kier alpha value is -2.93. The highest BCUT2D eigenvalue weighted by molar-refractivity contribution is 5.85. The van der Waals surface area contributed by atoms with Crippen LogP contribution in [-0.2, 0) is 22.7 Å². The van der Waals surface area contributed by atoms with E-state index >= 15 is 0 Å². The van der Waals surface area contributed by atoms with Crippen LogP contribution in [0.15, 0.2) is 48.5 Å². The summed E-state index contributed by atoms with van der Waals surface area (Å²) < 4.78 is 18.3. The van der Waals surface area contributed by atoms with Crippen LogP contribution in [0.5, 0.6) is 5.75 Å². The molecule has 1 aliphatic rings. The van der Waals surface area contributed by atoms with Gasteiger partial charge in [0, 0.05) is 45.1 Å². The van der Waals surface area contributed by atoms with Gasteiger partial charge < -0.3 is 20.3 Å². The Labute approximate surface area is 189 Å². The van der Waals surface area contributed by atoms with Crippen molar-refractivity contribution in [1.82, 2.24) is 15.5 Å². The molecule has 2 N–H and O–H groups in total. The van der Waals surface area contributed by atoms with Crippen molar-refractivity contribution in [2.75, 3.05) is 20.7 Å². The van der Waals surface area contributed by atoms with Gasteiger partial charge in [0.25, 0.3) is 0 Å². The fraction of sp³-hybridized carbons (Fsp3) is 0.440. The maximum atomic E-state index is 13.1. The SMILES string of the molecule is COc1ccc(CNC(=O)[C@@H]2CCC[C@@H](NCc3ccc(F)cc3)CN(C)C(=O)C2)cc1. The Morgan fingerprint density at radius 3 is 2.41 bits per heavy atom. The first-order valence-electron chi connectivity index (χ1n) is 11.1. The van der Waals surface area contributed by atoms with Gasteiger partial charge in [-0.25, -0.2) is 4.39 Å². The lowest BCUT2D eigenvalue weighted by molar-refractivity contribution is -0.135. The third-order valence-corrected chi connectivity index (χ3v) is 5.95. The Kier molecular flexibility index (Phi) is 8.62.